The van der Waals surface area contributed by atoms with Crippen LogP contribution in [0.5, 0.6) is 11.5 Å². The fourth-order valence-electron chi connectivity index (χ4n) is 2.58. The van der Waals surface area contributed by atoms with Gasteiger partial charge < -0.3 is 9.47 Å². The molecule has 10 heteroatoms. The molecule has 0 aliphatic heterocycles. The van der Waals surface area contributed by atoms with Crippen LogP contribution in [0.4, 0.5) is 10.6 Å². The summed E-state index contributed by atoms with van der Waals surface area (Å²) >= 11 is 13.4. The lowest BCUT2D eigenvalue weighted by Crippen LogP contribution is -2.35. The monoisotopic (exact) mass is 477 g/mol. The van der Waals surface area contributed by atoms with Gasteiger partial charge in [-0.2, -0.15) is 0 Å². The largest absolute Gasteiger partial charge is 0.496 e. The maximum absolute atomic E-state index is 12.5. The van der Waals surface area contributed by atoms with Crippen molar-refractivity contribution in [3.8, 4) is 11.5 Å². The number of benzene rings is 2. The molecule has 0 unspecified atom stereocenters. The van der Waals surface area contributed by atoms with E-state index in [9.17, 15) is 9.59 Å². The van der Waals surface area contributed by atoms with Crippen LogP contribution in [-0.2, 0) is 0 Å². The van der Waals surface area contributed by atoms with E-state index in [1.807, 2.05) is 6.07 Å². The Morgan fingerprint density at radius 1 is 0.935 bits per heavy atom. The number of hydrogen-bond acceptors (Lipinski definition) is 6. The number of carbonyl (C=O) groups excluding carboxylic acids is 2. The second kappa shape index (κ2) is 10.4. The molecule has 0 saturated heterocycles. The summed E-state index contributed by atoms with van der Waals surface area (Å²) < 4.78 is 10.4. The molecular weight excluding hydrogens is 461 g/mol. The van der Waals surface area contributed by atoms with Crippen molar-refractivity contribution in [2.75, 3.05) is 19.5 Å². The number of methoxy groups -OCH3 is 2. The Balaban J connectivity index is 1.63. The number of amides is 3. The third-order valence-corrected chi connectivity index (χ3v) is 5.69. The molecule has 3 rings (SSSR count). The number of urea groups is 1. The van der Waals surface area contributed by atoms with Crippen molar-refractivity contribution in [2.24, 2.45) is 0 Å². The summed E-state index contributed by atoms with van der Waals surface area (Å²) in [6.07, 6.45) is 1.59. The van der Waals surface area contributed by atoms with Crippen molar-refractivity contribution in [1.82, 2.24) is 10.3 Å². The summed E-state index contributed by atoms with van der Waals surface area (Å²) in [5, 5.41) is 5.70. The minimum absolute atomic E-state index is 0.115. The van der Waals surface area contributed by atoms with Crippen LogP contribution in [0.3, 0.4) is 0 Å². The highest BCUT2D eigenvalue weighted by atomic mass is 35.5. The topological polar surface area (TPSA) is 89.5 Å². The first-order valence-electron chi connectivity index (χ1n) is 8.83. The van der Waals surface area contributed by atoms with Crippen molar-refractivity contribution in [1.29, 1.82) is 0 Å². The van der Waals surface area contributed by atoms with Gasteiger partial charge in [0.25, 0.3) is 5.91 Å². The normalized spacial score (nSPS) is 10.3. The van der Waals surface area contributed by atoms with E-state index in [1.54, 1.807) is 48.7 Å². The number of nitrogens with one attached hydrogen (secondary N) is 2. The Hall–Kier alpha value is -2.94. The predicted octanol–water partition coefficient (Wildman–Crippen LogP) is 5.52. The van der Waals surface area contributed by atoms with E-state index in [4.69, 9.17) is 32.7 Å². The quantitative estimate of drug-likeness (QED) is 0.485. The average Bonchev–Trinajstić information content (AvgIpc) is 2.76. The molecule has 31 heavy (non-hydrogen) atoms. The lowest BCUT2D eigenvalue weighted by Gasteiger charge is -2.12. The number of imide groups is 1. The first kappa shape index (κ1) is 22.7. The molecular formula is C21H17Cl2N3O4S. The van der Waals surface area contributed by atoms with Gasteiger partial charge in [-0.05, 0) is 42.5 Å². The van der Waals surface area contributed by atoms with Crippen LogP contribution in [0.2, 0.25) is 10.0 Å². The van der Waals surface area contributed by atoms with E-state index in [2.05, 4.69) is 15.6 Å². The summed E-state index contributed by atoms with van der Waals surface area (Å²) in [4.78, 5) is 30.7. The van der Waals surface area contributed by atoms with Crippen LogP contribution in [0.25, 0.3) is 0 Å². The Morgan fingerprint density at radius 3 is 2.19 bits per heavy atom. The van der Waals surface area contributed by atoms with E-state index >= 15 is 0 Å². The zero-order valence-corrected chi connectivity index (χ0v) is 18.8. The Labute approximate surface area is 193 Å². The maximum atomic E-state index is 12.5. The van der Waals surface area contributed by atoms with E-state index in [0.717, 1.165) is 9.79 Å². The highest BCUT2D eigenvalue weighted by Crippen LogP contribution is 2.32. The maximum Gasteiger partial charge on any atom is 0.327 e. The molecule has 0 aliphatic carbocycles. The van der Waals surface area contributed by atoms with Crippen molar-refractivity contribution >= 4 is 52.7 Å². The SMILES string of the molecule is COc1cccc(OC)c1C(=O)NC(=O)Nc1ccc(Sc2ccc(Cl)c(Cl)c2)cn1. The number of ether oxygens (including phenoxy) is 2. The van der Waals surface area contributed by atoms with Gasteiger partial charge in [-0.25, -0.2) is 9.78 Å². The van der Waals surface area contributed by atoms with E-state index in [1.165, 1.54) is 26.0 Å². The second-order valence-corrected chi connectivity index (χ2v) is 7.96. The van der Waals surface area contributed by atoms with Gasteiger partial charge in [0.05, 0.1) is 24.3 Å². The van der Waals surface area contributed by atoms with Crippen LogP contribution < -0.4 is 20.1 Å². The van der Waals surface area contributed by atoms with Gasteiger partial charge in [-0.3, -0.25) is 15.4 Å². The summed E-state index contributed by atoms with van der Waals surface area (Å²) in [6, 6.07) is 12.8. The first-order chi connectivity index (χ1) is 14.9. The highest BCUT2D eigenvalue weighted by molar-refractivity contribution is 7.99. The van der Waals surface area contributed by atoms with Crippen molar-refractivity contribution < 1.29 is 19.1 Å². The van der Waals surface area contributed by atoms with Gasteiger partial charge in [0, 0.05) is 16.0 Å². The number of hydrogen-bond donors (Lipinski definition) is 2. The Morgan fingerprint density at radius 2 is 1.61 bits per heavy atom. The van der Waals surface area contributed by atoms with Gasteiger partial charge in [0.2, 0.25) is 0 Å². The number of halogens is 2. The number of rotatable bonds is 6. The molecule has 0 saturated carbocycles. The molecule has 2 aromatic carbocycles. The average molecular weight is 478 g/mol. The van der Waals surface area contributed by atoms with Crippen LogP contribution in [-0.4, -0.2) is 31.1 Å². The van der Waals surface area contributed by atoms with Crippen LogP contribution in [0.1, 0.15) is 10.4 Å². The minimum atomic E-state index is -0.740. The molecule has 1 heterocycles. The zero-order valence-electron chi connectivity index (χ0n) is 16.4. The molecule has 160 valence electrons. The number of pyridine rings is 1. The molecule has 2 N–H and O–H groups in total. The van der Waals surface area contributed by atoms with E-state index in [-0.39, 0.29) is 22.9 Å². The standard InChI is InChI=1S/C21H17Cl2N3O4S/c1-29-16-4-3-5-17(30-2)19(16)20(27)26-21(28)25-18-9-7-13(11-24-18)31-12-6-8-14(22)15(23)10-12/h3-11H,1-2H3,(H2,24,25,26,27,28). The summed E-state index contributed by atoms with van der Waals surface area (Å²) in [6.45, 7) is 0. The van der Waals surface area contributed by atoms with Gasteiger partial charge in [0.15, 0.2) is 0 Å². The van der Waals surface area contributed by atoms with Crippen molar-refractivity contribution in [2.45, 2.75) is 9.79 Å². The highest BCUT2D eigenvalue weighted by Gasteiger charge is 2.20. The van der Waals surface area contributed by atoms with Crippen LogP contribution in [0, 0.1) is 0 Å². The molecule has 0 fully saturated rings. The van der Waals surface area contributed by atoms with E-state index < -0.39 is 11.9 Å². The Kier molecular flexibility index (Phi) is 7.62. The lowest BCUT2D eigenvalue weighted by atomic mass is 10.1. The van der Waals surface area contributed by atoms with Crippen molar-refractivity contribution in [3.05, 3.63) is 70.3 Å². The molecule has 0 atom stereocenters. The first-order valence-corrected chi connectivity index (χ1v) is 10.4. The molecule has 1 aromatic heterocycles. The lowest BCUT2D eigenvalue weighted by molar-refractivity contribution is 0.0961. The molecule has 0 spiro atoms. The second-order valence-electron chi connectivity index (χ2n) is 6.00. The van der Waals surface area contributed by atoms with Gasteiger partial charge in [-0.1, -0.05) is 41.0 Å². The number of carbonyl (C=O) groups is 2. The third kappa shape index (κ3) is 5.81. The minimum Gasteiger partial charge on any atom is -0.496 e. The summed E-state index contributed by atoms with van der Waals surface area (Å²) in [7, 11) is 2.85. The fourth-order valence-corrected chi connectivity index (χ4v) is 3.77. The van der Waals surface area contributed by atoms with Gasteiger partial charge in [-0.15, -0.1) is 0 Å². The molecule has 3 amide bonds. The summed E-state index contributed by atoms with van der Waals surface area (Å²) in [5.41, 5.74) is 0.115. The molecule has 0 aliphatic rings. The number of nitrogens with zero attached hydrogens (tertiary/aromatic N) is 1. The molecule has 0 radical (unpaired) electrons. The third-order valence-electron chi connectivity index (χ3n) is 3.99. The fraction of sp³-hybridized carbons (Fsp3) is 0.0952. The zero-order chi connectivity index (χ0) is 22.4. The smallest absolute Gasteiger partial charge is 0.327 e. The van der Waals surface area contributed by atoms with Gasteiger partial charge in [0.1, 0.15) is 22.9 Å². The number of anilines is 1. The molecule has 7 nitrogen and oxygen atoms in total. The molecule has 3 aromatic rings. The molecule has 0 bridgehead atoms. The van der Waals surface area contributed by atoms with Crippen molar-refractivity contribution in [3.63, 3.8) is 0 Å². The summed E-state index contributed by atoms with van der Waals surface area (Å²) in [5.74, 6) is 0.173. The Bertz CT molecular complexity index is 1090. The number of aromatic nitrogens is 1. The van der Waals surface area contributed by atoms with Gasteiger partial charge >= 0.3 is 6.03 Å². The predicted molar refractivity (Wildman–Crippen MR) is 121 cm³/mol. The van der Waals surface area contributed by atoms with Crippen LogP contribution in [0.15, 0.2) is 64.5 Å². The van der Waals surface area contributed by atoms with Crippen LogP contribution >= 0.6 is 35.0 Å². The van der Waals surface area contributed by atoms with E-state index in [0.29, 0.717) is 10.0 Å².